The lowest BCUT2D eigenvalue weighted by molar-refractivity contribution is -0.319. The average molecular weight is 261 g/mol. The summed E-state index contributed by atoms with van der Waals surface area (Å²) < 4.78 is 5.57. The van der Waals surface area contributed by atoms with E-state index in [9.17, 15) is 10.1 Å². The maximum atomic E-state index is 10.2. The first-order valence-corrected chi connectivity index (χ1v) is 6.23. The summed E-state index contributed by atoms with van der Waals surface area (Å²) in [4.78, 5) is 20.4. The third-order valence-electron chi connectivity index (χ3n) is 2.88. The number of ether oxygens (including phenoxy) is 1. The Morgan fingerprint density at radius 2 is 2.11 bits per heavy atom. The summed E-state index contributed by atoms with van der Waals surface area (Å²) in [6, 6.07) is 11.0. The van der Waals surface area contributed by atoms with Crippen LogP contribution >= 0.6 is 0 Å². The Morgan fingerprint density at radius 3 is 2.79 bits per heavy atom. The van der Waals surface area contributed by atoms with Gasteiger partial charge >= 0.3 is 5.79 Å². The second-order valence-corrected chi connectivity index (χ2v) is 4.27. The first-order valence-electron chi connectivity index (χ1n) is 6.23. The minimum Gasteiger partial charge on any atom is -0.303 e. The van der Waals surface area contributed by atoms with E-state index in [0.717, 1.165) is 19.1 Å². The van der Waals surface area contributed by atoms with E-state index in [-0.39, 0.29) is 0 Å². The van der Waals surface area contributed by atoms with Gasteiger partial charge in [0.25, 0.3) is 0 Å². The highest BCUT2D eigenvalue weighted by molar-refractivity contribution is 5.48. The smallest absolute Gasteiger partial charge is 0.303 e. The fourth-order valence-corrected chi connectivity index (χ4v) is 1.87. The molecule has 1 aromatic rings. The SMILES string of the molecule is N#CC1(c2ccccc2)OOC(CCCCC=O)O1. The van der Waals surface area contributed by atoms with Crippen molar-refractivity contribution in [1.29, 1.82) is 5.26 Å². The second kappa shape index (κ2) is 6.43. The quantitative estimate of drug-likeness (QED) is 0.447. The molecule has 0 aromatic heterocycles. The Bertz CT molecular complexity index is 456. The summed E-state index contributed by atoms with van der Waals surface area (Å²) >= 11 is 0. The molecule has 5 nitrogen and oxygen atoms in total. The van der Waals surface area contributed by atoms with Gasteiger partial charge in [0.05, 0.1) is 0 Å². The minimum atomic E-state index is -1.49. The zero-order valence-corrected chi connectivity index (χ0v) is 10.5. The van der Waals surface area contributed by atoms with Crippen LogP contribution in [0.25, 0.3) is 0 Å². The predicted molar refractivity (Wildman–Crippen MR) is 65.3 cm³/mol. The van der Waals surface area contributed by atoms with E-state index in [1.807, 2.05) is 12.1 Å². The van der Waals surface area contributed by atoms with Gasteiger partial charge in [0.1, 0.15) is 12.4 Å². The second-order valence-electron chi connectivity index (χ2n) is 4.27. The molecular formula is C14H15NO4. The first kappa shape index (κ1) is 13.7. The highest BCUT2D eigenvalue weighted by Crippen LogP contribution is 2.35. The van der Waals surface area contributed by atoms with Gasteiger partial charge < -0.3 is 4.79 Å². The van der Waals surface area contributed by atoms with Crippen LogP contribution < -0.4 is 0 Å². The van der Waals surface area contributed by atoms with Gasteiger partial charge in [-0.15, -0.1) is 0 Å². The maximum absolute atomic E-state index is 10.2. The number of unbranched alkanes of at least 4 members (excludes halogenated alkanes) is 2. The molecule has 1 heterocycles. The molecule has 2 rings (SSSR count). The predicted octanol–water partition coefficient (Wildman–Crippen LogP) is 2.43. The van der Waals surface area contributed by atoms with Crippen LogP contribution in [0.5, 0.6) is 0 Å². The number of nitrogens with zero attached hydrogens (tertiary/aromatic N) is 1. The molecule has 1 fully saturated rings. The van der Waals surface area contributed by atoms with E-state index in [1.165, 1.54) is 0 Å². The molecule has 1 saturated heterocycles. The number of rotatable bonds is 6. The number of carbonyl (C=O) groups is 1. The van der Waals surface area contributed by atoms with E-state index in [2.05, 4.69) is 0 Å². The van der Waals surface area contributed by atoms with Crippen LogP contribution in [0.2, 0.25) is 0 Å². The molecule has 19 heavy (non-hydrogen) atoms. The highest BCUT2D eigenvalue weighted by Gasteiger charge is 2.45. The Kier molecular flexibility index (Phi) is 4.63. The van der Waals surface area contributed by atoms with Gasteiger partial charge in [-0.05, 0) is 12.8 Å². The lowest BCUT2D eigenvalue weighted by atomic mass is 10.1. The topological polar surface area (TPSA) is 68.5 Å². The molecule has 0 aliphatic carbocycles. The van der Waals surface area contributed by atoms with Crippen molar-refractivity contribution in [2.75, 3.05) is 0 Å². The van der Waals surface area contributed by atoms with Crippen LogP contribution in [0, 0.1) is 11.3 Å². The van der Waals surface area contributed by atoms with Crippen LogP contribution in [-0.2, 0) is 25.1 Å². The lowest BCUT2D eigenvalue weighted by Gasteiger charge is -2.16. The Balaban J connectivity index is 1.95. The maximum Gasteiger partial charge on any atom is 0.318 e. The summed E-state index contributed by atoms with van der Waals surface area (Å²) in [5, 5.41) is 9.27. The molecule has 100 valence electrons. The monoisotopic (exact) mass is 261 g/mol. The Hall–Kier alpha value is -1.74. The number of hydrogen-bond acceptors (Lipinski definition) is 5. The third kappa shape index (κ3) is 3.18. The molecule has 2 atom stereocenters. The molecule has 0 amide bonds. The molecular weight excluding hydrogens is 246 g/mol. The van der Waals surface area contributed by atoms with E-state index in [0.29, 0.717) is 18.4 Å². The van der Waals surface area contributed by atoms with Crippen molar-refractivity contribution < 1.29 is 19.3 Å². The van der Waals surface area contributed by atoms with Gasteiger partial charge in [0.2, 0.25) is 0 Å². The normalized spacial score (nSPS) is 25.9. The number of nitriles is 1. The Morgan fingerprint density at radius 1 is 1.32 bits per heavy atom. The van der Waals surface area contributed by atoms with Crippen LogP contribution in [0.1, 0.15) is 31.2 Å². The van der Waals surface area contributed by atoms with Crippen molar-refractivity contribution >= 4 is 6.29 Å². The van der Waals surface area contributed by atoms with Crippen LogP contribution in [0.3, 0.4) is 0 Å². The molecule has 5 heteroatoms. The number of benzene rings is 1. The van der Waals surface area contributed by atoms with Gasteiger partial charge in [-0.1, -0.05) is 30.3 Å². The molecule has 0 saturated carbocycles. The van der Waals surface area contributed by atoms with E-state index < -0.39 is 12.1 Å². The van der Waals surface area contributed by atoms with Gasteiger partial charge in [0, 0.05) is 18.4 Å². The van der Waals surface area contributed by atoms with Crippen molar-refractivity contribution in [2.24, 2.45) is 0 Å². The summed E-state index contributed by atoms with van der Waals surface area (Å²) in [5.41, 5.74) is 0.605. The first-order chi connectivity index (χ1) is 9.30. The van der Waals surface area contributed by atoms with E-state index in [1.54, 1.807) is 24.3 Å². The fourth-order valence-electron chi connectivity index (χ4n) is 1.87. The van der Waals surface area contributed by atoms with Crippen molar-refractivity contribution in [1.82, 2.24) is 0 Å². The third-order valence-corrected chi connectivity index (χ3v) is 2.88. The molecule has 0 bridgehead atoms. The molecule has 0 radical (unpaired) electrons. The van der Waals surface area contributed by atoms with Crippen LogP contribution in [-0.4, -0.2) is 12.6 Å². The molecule has 0 spiro atoms. The van der Waals surface area contributed by atoms with E-state index >= 15 is 0 Å². The molecule has 1 aliphatic rings. The largest absolute Gasteiger partial charge is 0.318 e. The summed E-state index contributed by atoms with van der Waals surface area (Å²) in [7, 11) is 0. The van der Waals surface area contributed by atoms with Crippen molar-refractivity contribution in [3.63, 3.8) is 0 Å². The van der Waals surface area contributed by atoms with E-state index in [4.69, 9.17) is 14.5 Å². The fraction of sp³-hybridized carbons (Fsp3) is 0.429. The zero-order valence-electron chi connectivity index (χ0n) is 10.5. The van der Waals surface area contributed by atoms with Gasteiger partial charge in [-0.2, -0.15) is 15.0 Å². The van der Waals surface area contributed by atoms with Crippen molar-refractivity contribution in [3.8, 4) is 6.07 Å². The van der Waals surface area contributed by atoms with Crippen molar-refractivity contribution in [2.45, 2.75) is 37.8 Å². The number of hydrogen-bond donors (Lipinski definition) is 0. The summed E-state index contributed by atoms with van der Waals surface area (Å²) in [6.45, 7) is 0. The van der Waals surface area contributed by atoms with Gasteiger partial charge in [-0.25, -0.2) is 0 Å². The van der Waals surface area contributed by atoms with Crippen LogP contribution in [0.4, 0.5) is 0 Å². The molecule has 1 aromatic carbocycles. The zero-order chi connectivity index (χ0) is 13.6. The standard InChI is InChI=1S/C14H15NO4/c15-11-14(12-7-3-1-4-8-12)17-13(18-19-14)9-5-2-6-10-16/h1,3-4,7-8,10,13H,2,5-6,9H2. The molecule has 2 unspecified atom stereocenters. The number of aldehydes is 1. The Labute approximate surface area is 111 Å². The molecule has 0 N–H and O–H groups in total. The summed E-state index contributed by atoms with van der Waals surface area (Å²) in [6.07, 6.45) is 2.98. The van der Waals surface area contributed by atoms with Crippen LogP contribution in [0.15, 0.2) is 30.3 Å². The van der Waals surface area contributed by atoms with Gasteiger partial charge in [-0.3, -0.25) is 4.74 Å². The lowest BCUT2D eigenvalue weighted by Crippen LogP contribution is -2.25. The van der Waals surface area contributed by atoms with Crippen molar-refractivity contribution in [3.05, 3.63) is 35.9 Å². The van der Waals surface area contributed by atoms with Gasteiger partial charge in [0.15, 0.2) is 6.29 Å². The number of carbonyl (C=O) groups excluding carboxylic acids is 1. The average Bonchev–Trinajstić information content (AvgIpc) is 2.89. The summed E-state index contributed by atoms with van der Waals surface area (Å²) in [5.74, 6) is -1.49. The molecule has 1 aliphatic heterocycles. The highest BCUT2D eigenvalue weighted by atomic mass is 17.3. The minimum absolute atomic E-state index is 0.523.